The van der Waals surface area contributed by atoms with Gasteiger partial charge in [0.2, 0.25) is 10.0 Å². The number of hydrogen-bond donors (Lipinski definition) is 1. The minimum Gasteiger partial charge on any atom is -0.369 e. The maximum Gasteiger partial charge on any atom is 0.255 e. The first-order valence-corrected chi connectivity index (χ1v) is 11.3. The molecule has 1 aliphatic rings. The van der Waals surface area contributed by atoms with Crippen LogP contribution in [0.1, 0.15) is 10.4 Å². The Morgan fingerprint density at radius 2 is 1.52 bits per heavy atom. The van der Waals surface area contributed by atoms with E-state index in [9.17, 15) is 17.6 Å². The summed E-state index contributed by atoms with van der Waals surface area (Å²) in [5.41, 5.74) is 1.77. The van der Waals surface area contributed by atoms with Crippen molar-refractivity contribution in [2.75, 3.05) is 36.4 Å². The summed E-state index contributed by atoms with van der Waals surface area (Å²) in [7, 11) is -3.74. The first-order valence-electron chi connectivity index (χ1n) is 9.91. The molecule has 1 saturated heterocycles. The van der Waals surface area contributed by atoms with E-state index < -0.39 is 10.0 Å². The molecule has 0 aromatic heterocycles. The number of rotatable bonds is 5. The lowest BCUT2D eigenvalue weighted by molar-refractivity contribution is 0.102. The van der Waals surface area contributed by atoms with Gasteiger partial charge in [0.1, 0.15) is 5.82 Å². The molecular weight excluding hydrogens is 417 g/mol. The number of benzene rings is 3. The number of carbonyl (C=O) groups is 1. The van der Waals surface area contributed by atoms with Crippen molar-refractivity contribution in [3.63, 3.8) is 0 Å². The summed E-state index contributed by atoms with van der Waals surface area (Å²) in [4.78, 5) is 14.6. The van der Waals surface area contributed by atoms with E-state index in [1.807, 2.05) is 23.1 Å². The molecule has 1 fully saturated rings. The topological polar surface area (TPSA) is 69.7 Å². The van der Waals surface area contributed by atoms with Crippen molar-refractivity contribution in [2.45, 2.75) is 4.90 Å². The SMILES string of the molecule is O=C(Nc1ccccc1)c1cccc(S(=O)(=O)N2CCN(c3ccc(F)cc3)CC2)c1. The van der Waals surface area contributed by atoms with Crippen LogP contribution in [0.5, 0.6) is 0 Å². The van der Waals surface area contributed by atoms with E-state index in [2.05, 4.69) is 5.32 Å². The normalized spacial score (nSPS) is 14.9. The van der Waals surface area contributed by atoms with Gasteiger partial charge in [-0.3, -0.25) is 4.79 Å². The average Bonchev–Trinajstić information content (AvgIpc) is 2.80. The molecule has 8 heteroatoms. The fourth-order valence-corrected chi connectivity index (χ4v) is 4.98. The largest absolute Gasteiger partial charge is 0.369 e. The van der Waals surface area contributed by atoms with Crippen LogP contribution in [0.2, 0.25) is 0 Å². The van der Waals surface area contributed by atoms with Gasteiger partial charge < -0.3 is 10.2 Å². The van der Waals surface area contributed by atoms with E-state index in [0.717, 1.165) is 5.69 Å². The number of anilines is 2. The van der Waals surface area contributed by atoms with Gasteiger partial charge in [0.15, 0.2) is 0 Å². The Balaban J connectivity index is 1.46. The van der Waals surface area contributed by atoms with Gasteiger partial charge in [0.25, 0.3) is 5.91 Å². The van der Waals surface area contributed by atoms with Crippen molar-refractivity contribution in [1.82, 2.24) is 4.31 Å². The van der Waals surface area contributed by atoms with Crippen molar-refractivity contribution in [3.05, 3.63) is 90.2 Å². The Labute approximate surface area is 181 Å². The lowest BCUT2D eigenvalue weighted by Gasteiger charge is -2.35. The van der Waals surface area contributed by atoms with Crippen molar-refractivity contribution < 1.29 is 17.6 Å². The Bertz CT molecular complexity index is 1160. The zero-order valence-electron chi connectivity index (χ0n) is 16.7. The summed E-state index contributed by atoms with van der Waals surface area (Å²) >= 11 is 0. The van der Waals surface area contributed by atoms with E-state index in [4.69, 9.17) is 0 Å². The number of halogens is 1. The molecule has 3 aromatic rings. The van der Waals surface area contributed by atoms with E-state index >= 15 is 0 Å². The third kappa shape index (κ3) is 4.76. The maximum absolute atomic E-state index is 13.1. The van der Waals surface area contributed by atoms with Gasteiger partial charge in [-0.05, 0) is 54.6 Å². The van der Waals surface area contributed by atoms with Gasteiger partial charge in [-0.15, -0.1) is 0 Å². The van der Waals surface area contributed by atoms with Crippen LogP contribution < -0.4 is 10.2 Å². The fraction of sp³-hybridized carbons (Fsp3) is 0.174. The molecule has 0 bridgehead atoms. The molecule has 31 heavy (non-hydrogen) atoms. The van der Waals surface area contributed by atoms with Gasteiger partial charge in [-0.25, -0.2) is 12.8 Å². The zero-order chi connectivity index (χ0) is 21.8. The van der Waals surface area contributed by atoms with Crippen molar-refractivity contribution in [2.24, 2.45) is 0 Å². The van der Waals surface area contributed by atoms with Gasteiger partial charge in [0.05, 0.1) is 4.90 Å². The number of para-hydroxylation sites is 1. The molecule has 1 heterocycles. The highest BCUT2D eigenvalue weighted by Crippen LogP contribution is 2.22. The van der Waals surface area contributed by atoms with Gasteiger partial charge in [-0.2, -0.15) is 4.31 Å². The smallest absolute Gasteiger partial charge is 0.255 e. The first kappa shape index (κ1) is 21.0. The minimum atomic E-state index is -3.74. The summed E-state index contributed by atoms with van der Waals surface area (Å²) in [6.07, 6.45) is 0. The molecule has 0 unspecified atom stereocenters. The molecule has 1 amide bonds. The first-order chi connectivity index (χ1) is 14.9. The number of nitrogens with zero attached hydrogens (tertiary/aromatic N) is 2. The monoisotopic (exact) mass is 439 g/mol. The quantitative estimate of drug-likeness (QED) is 0.660. The van der Waals surface area contributed by atoms with Gasteiger partial charge >= 0.3 is 0 Å². The molecule has 0 spiro atoms. The Kier molecular flexibility index (Phi) is 6.01. The van der Waals surface area contributed by atoms with Crippen molar-refractivity contribution >= 4 is 27.3 Å². The van der Waals surface area contributed by atoms with Gasteiger partial charge in [0, 0.05) is 43.1 Å². The molecule has 0 radical (unpaired) electrons. The van der Waals surface area contributed by atoms with E-state index in [-0.39, 0.29) is 22.2 Å². The molecule has 0 aliphatic carbocycles. The maximum atomic E-state index is 13.1. The summed E-state index contributed by atoms with van der Waals surface area (Å²) in [5, 5.41) is 2.76. The Morgan fingerprint density at radius 1 is 0.839 bits per heavy atom. The Hall–Kier alpha value is -3.23. The van der Waals surface area contributed by atoms with Crippen molar-refractivity contribution in [3.8, 4) is 0 Å². The van der Waals surface area contributed by atoms with Crippen LogP contribution >= 0.6 is 0 Å². The fourth-order valence-electron chi connectivity index (χ4n) is 3.51. The van der Waals surface area contributed by atoms with E-state index in [1.165, 1.54) is 28.6 Å². The summed E-state index contributed by atoms with van der Waals surface area (Å²) in [6, 6.07) is 21.2. The molecule has 6 nitrogen and oxygen atoms in total. The number of nitrogens with one attached hydrogen (secondary N) is 1. The number of hydrogen-bond acceptors (Lipinski definition) is 4. The highest BCUT2D eigenvalue weighted by molar-refractivity contribution is 7.89. The van der Waals surface area contributed by atoms with Crippen LogP contribution in [0.25, 0.3) is 0 Å². The number of piperazine rings is 1. The van der Waals surface area contributed by atoms with E-state index in [0.29, 0.717) is 31.9 Å². The molecule has 1 N–H and O–H groups in total. The van der Waals surface area contributed by atoms with Crippen molar-refractivity contribution in [1.29, 1.82) is 0 Å². The van der Waals surface area contributed by atoms with Crippen LogP contribution in [0, 0.1) is 5.82 Å². The lowest BCUT2D eigenvalue weighted by atomic mass is 10.2. The standard InChI is InChI=1S/C23H22FN3O3S/c24-19-9-11-21(12-10-19)26-13-15-27(16-14-26)31(29,30)22-8-4-5-18(17-22)23(28)25-20-6-2-1-3-7-20/h1-12,17H,13-16H2,(H,25,28). The van der Waals surface area contributed by atoms with Crippen LogP contribution in [-0.4, -0.2) is 44.8 Å². The Morgan fingerprint density at radius 3 is 2.19 bits per heavy atom. The molecule has 160 valence electrons. The number of sulfonamides is 1. The highest BCUT2D eigenvalue weighted by atomic mass is 32.2. The number of amides is 1. The summed E-state index contributed by atoms with van der Waals surface area (Å²) in [5.74, 6) is -0.675. The molecule has 3 aromatic carbocycles. The second kappa shape index (κ2) is 8.87. The van der Waals surface area contributed by atoms with Crippen LogP contribution in [0.3, 0.4) is 0 Å². The second-order valence-electron chi connectivity index (χ2n) is 7.22. The van der Waals surface area contributed by atoms with Crippen LogP contribution in [0.15, 0.2) is 83.8 Å². The molecule has 1 aliphatic heterocycles. The van der Waals surface area contributed by atoms with Crippen LogP contribution in [0.4, 0.5) is 15.8 Å². The van der Waals surface area contributed by atoms with E-state index in [1.54, 1.807) is 36.4 Å². The molecule has 0 atom stereocenters. The average molecular weight is 440 g/mol. The zero-order valence-corrected chi connectivity index (χ0v) is 17.6. The highest BCUT2D eigenvalue weighted by Gasteiger charge is 2.29. The molecule has 0 saturated carbocycles. The molecular formula is C23H22FN3O3S. The summed E-state index contributed by atoms with van der Waals surface area (Å²) in [6.45, 7) is 1.61. The third-order valence-corrected chi connectivity index (χ3v) is 7.09. The molecule has 4 rings (SSSR count). The minimum absolute atomic E-state index is 0.0865. The lowest BCUT2D eigenvalue weighted by Crippen LogP contribution is -2.48. The summed E-state index contributed by atoms with van der Waals surface area (Å²) < 4.78 is 40.8. The predicted octanol–water partition coefficient (Wildman–Crippen LogP) is 3.59. The predicted molar refractivity (Wildman–Crippen MR) is 118 cm³/mol. The van der Waals surface area contributed by atoms with Gasteiger partial charge in [-0.1, -0.05) is 24.3 Å². The second-order valence-corrected chi connectivity index (χ2v) is 9.15. The van der Waals surface area contributed by atoms with Crippen LogP contribution in [-0.2, 0) is 10.0 Å². The number of carbonyl (C=O) groups excluding carboxylic acids is 1. The third-order valence-electron chi connectivity index (χ3n) is 5.20.